The van der Waals surface area contributed by atoms with Crippen LogP contribution in [0.15, 0.2) is 0 Å². The van der Waals surface area contributed by atoms with Gasteiger partial charge in [-0.3, -0.25) is 14.4 Å². The Kier molecular flexibility index (Phi) is 6.89. The maximum Gasteiger partial charge on any atom is 0.224 e. The van der Waals surface area contributed by atoms with Crippen LogP contribution in [-0.4, -0.2) is 82.6 Å². The number of carbonyl (C=O) groups is 1. The van der Waals surface area contributed by atoms with Gasteiger partial charge in [0, 0.05) is 51.4 Å². The number of carbonyl (C=O) groups excluding carboxylic acids is 1. The van der Waals surface area contributed by atoms with E-state index in [-0.39, 0.29) is 17.9 Å². The molecule has 7 heteroatoms. The monoisotopic (exact) mass is 378 g/mol. The van der Waals surface area contributed by atoms with Crippen LogP contribution in [-0.2, 0) is 16.1 Å². The quantitative estimate of drug-likeness (QED) is 0.804. The SMILES string of the molecule is Cc1nn(CCC(=O)N2CCC(C(O)CN3CCOCC3)CC2)c(C)c1C. The number of rotatable bonds is 6. The molecular formula is C20H34N4O3. The molecule has 3 rings (SSSR count). The van der Waals surface area contributed by atoms with Crippen molar-refractivity contribution < 1.29 is 14.6 Å². The first-order chi connectivity index (χ1) is 13.0. The number of aliphatic hydroxyl groups is 1. The maximum atomic E-state index is 12.6. The molecule has 2 saturated heterocycles. The first kappa shape index (κ1) is 20.3. The topological polar surface area (TPSA) is 70.8 Å². The predicted octanol–water partition coefficient (Wildman–Crippen LogP) is 1.13. The smallest absolute Gasteiger partial charge is 0.224 e. The van der Waals surface area contributed by atoms with Crippen molar-refractivity contribution in [3.63, 3.8) is 0 Å². The Labute approximate surface area is 162 Å². The highest BCUT2D eigenvalue weighted by Gasteiger charge is 2.28. The lowest BCUT2D eigenvalue weighted by Crippen LogP contribution is -2.46. The van der Waals surface area contributed by atoms with Crippen LogP contribution in [0.4, 0.5) is 0 Å². The molecule has 1 amide bonds. The van der Waals surface area contributed by atoms with Crippen molar-refractivity contribution >= 4 is 5.91 Å². The first-order valence-electron chi connectivity index (χ1n) is 10.2. The summed E-state index contributed by atoms with van der Waals surface area (Å²) in [7, 11) is 0. The molecule has 0 radical (unpaired) electrons. The molecule has 1 N–H and O–H groups in total. The van der Waals surface area contributed by atoms with E-state index >= 15 is 0 Å². The van der Waals surface area contributed by atoms with E-state index in [4.69, 9.17) is 4.74 Å². The van der Waals surface area contributed by atoms with Crippen LogP contribution < -0.4 is 0 Å². The zero-order chi connectivity index (χ0) is 19.4. The molecule has 0 spiro atoms. The molecule has 0 saturated carbocycles. The van der Waals surface area contributed by atoms with Crippen molar-refractivity contribution in [3.05, 3.63) is 17.0 Å². The molecule has 0 aliphatic carbocycles. The van der Waals surface area contributed by atoms with Crippen LogP contribution in [0.2, 0.25) is 0 Å². The van der Waals surface area contributed by atoms with Gasteiger partial charge in [-0.05, 0) is 45.1 Å². The molecule has 7 nitrogen and oxygen atoms in total. The van der Waals surface area contributed by atoms with E-state index in [0.717, 1.165) is 70.2 Å². The van der Waals surface area contributed by atoms with Gasteiger partial charge >= 0.3 is 0 Å². The molecule has 1 aromatic rings. The molecule has 152 valence electrons. The largest absolute Gasteiger partial charge is 0.392 e. The number of likely N-dealkylation sites (tertiary alicyclic amines) is 1. The summed E-state index contributed by atoms with van der Waals surface area (Å²) in [5.74, 6) is 0.483. The van der Waals surface area contributed by atoms with Crippen LogP contribution in [0.5, 0.6) is 0 Å². The van der Waals surface area contributed by atoms with Gasteiger partial charge < -0.3 is 14.7 Å². The van der Waals surface area contributed by atoms with Crippen molar-refractivity contribution in [2.45, 2.75) is 52.7 Å². The number of aryl methyl sites for hydroxylation is 2. The fraction of sp³-hybridized carbons (Fsp3) is 0.800. The summed E-state index contributed by atoms with van der Waals surface area (Å²) in [5, 5.41) is 15.1. The van der Waals surface area contributed by atoms with Crippen LogP contribution in [0.3, 0.4) is 0 Å². The Hall–Kier alpha value is -1.44. The highest BCUT2D eigenvalue weighted by Crippen LogP contribution is 2.22. The Morgan fingerprint density at radius 2 is 1.85 bits per heavy atom. The van der Waals surface area contributed by atoms with Crippen molar-refractivity contribution in [2.75, 3.05) is 45.9 Å². The molecule has 1 aromatic heterocycles. The van der Waals surface area contributed by atoms with Gasteiger partial charge in [0.1, 0.15) is 0 Å². The van der Waals surface area contributed by atoms with E-state index in [9.17, 15) is 9.90 Å². The summed E-state index contributed by atoms with van der Waals surface area (Å²) >= 11 is 0. The Morgan fingerprint density at radius 1 is 1.19 bits per heavy atom. The molecule has 2 aliphatic heterocycles. The average Bonchev–Trinajstić information content (AvgIpc) is 2.93. The van der Waals surface area contributed by atoms with E-state index in [1.165, 1.54) is 5.56 Å². The average molecular weight is 379 g/mol. The van der Waals surface area contributed by atoms with Crippen LogP contribution in [0.1, 0.15) is 36.2 Å². The van der Waals surface area contributed by atoms with Crippen LogP contribution >= 0.6 is 0 Å². The third-order valence-electron chi connectivity index (χ3n) is 6.27. The lowest BCUT2D eigenvalue weighted by Gasteiger charge is -2.36. The van der Waals surface area contributed by atoms with Crippen molar-refractivity contribution in [1.29, 1.82) is 0 Å². The van der Waals surface area contributed by atoms with E-state index in [1.54, 1.807) is 0 Å². The second kappa shape index (κ2) is 9.17. The number of piperidine rings is 1. The van der Waals surface area contributed by atoms with Crippen LogP contribution in [0.25, 0.3) is 0 Å². The van der Waals surface area contributed by atoms with Crippen molar-refractivity contribution in [1.82, 2.24) is 19.6 Å². The maximum absolute atomic E-state index is 12.6. The molecule has 1 atom stereocenters. The number of hydrogen-bond donors (Lipinski definition) is 1. The lowest BCUT2D eigenvalue weighted by atomic mass is 9.90. The highest BCUT2D eigenvalue weighted by molar-refractivity contribution is 5.76. The fourth-order valence-electron chi connectivity index (χ4n) is 4.09. The molecule has 2 fully saturated rings. The molecule has 1 unspecified atom stereocenters. The van der Waals surface area contributed by atoms with Gasteiger partial charge in [-0.2, -0.15) is 5.10 Å². The number of ether oxygens (including phenoxy) is 1. The third-order valence-corrected chi connectivity index (χ3v) is 6.27. The number of hydrogen-bond acceptors (Lipinski definition) is 5. The Morgan fingerprint density at radius 3 is 2.44 bits per heavy atom. The van der Waals surface area contributed by atoms with E-state index in [1.807, 2.05) is 16.5 Å². The second-order valence-corrected chi connectivity index (χ2v) is 7.97. The molecule has 27 heavy (non-hydrogen) atoms. The van der Waals surface area contributed by atoms with Crippen molar-refractivity contribution in [3.8, 4) is 0 Å². The van der Waals surface area contributed by atoms with Gasteiger partial charge in [0.25, 0.3) is 0 Å². The Balaban J connectivity index is 1.41. The van der Waals surface area contributed by atoms with Gasteiger partial charge in [0.15, 0.2) is 0 Å². The lowest BCUT2D eigenvalue weighted by molar-refractivity contribution is -0.133. The number of amides is 1. The standard InChI is InChI=1S/C20H34N4O3/c1-15-16(2)21-24(17(15)3)9-6-20(26)23-7-4-18(5-8-23)19(25)14-22-10-12-27-13-11-22/h18-19,25H,4-14H2,1-3H3. The number of morpholine rings is 1. The van der Waals surface area contributed by atoms with E-state index in [2.05, 4.69) is 23.8 Å². The second-order valence-electron chi connectivity index (χ2n) is 7.97. The number of aromatic nitrogens is 2. The molecule has 3 heterocycles. The molecule has 0 bridgehead atoms. The number of aliphatic hydroxyl groups excluding tert-OH is 1. The molecule has 0 aromatic carbocycles. The van der Waals surface area contributed by atoms with Gasteiger partial charge in [-0.1, -0.05) is 0 Å². The molecule has 2 aliphatic rings. The predicted molar refractivity (Wildman–Crippen MR) is 104 cm³/mol. The summed E-state index contributed by atoms with van der Waals surface area (Å²) < 4.78 is 7.31. The summed E-state index contributed by atoms with van der Waals surface area (Å²) in [4.78, 5) is 16.8. The van der Waals surface area contributed by atoms with E-state index < -0.39 is 0 Å². The minimum absolute atomic E-state index is 0.196. The number of β-amino-alcohol motifs (C(OH)–C–C–N with tert-alkyl or cyclic N) is 1. The zero-order valence-electron chi connectivity index (χ0n) is 17.0. The van der Waals surface area contributed by atoms with Gasteiger partial charge in [-0.25, -0.2) is 0 Å². The third kappa shape index (κ3) is 5.09. The highest BCUT2D eigenvalue weighted by atomic mass is 16.5. The Bertz CT molecular complexity index is 631. The minimum Gasteiger partial charge on any atom is -0.392 e. The first-order valence-corrected chi connectivity index (χ1v) is 10.2. The van der Waals surface area contributed by atoms with Gasteiger partial charge in [-0.15, -0.1) is 0 Å². The molecular weight excluding hydrogens is 344 g/mol. The van der Waals surface area contributed by atoms with Gasteiger partial charge in [0.2, 0.25) is 5.91 Å². The minimum atomic E-state index is -0.307. The summed E-state index contributed by atoms with van der Waals surface area (Å²) in [6.45, 7) is 12.3. The normalized spacial score (nSPS) is 20.8. The van der Waals surface area contributed by atoms with Gasteiger partial charge in [0.05, 0.1) is 25.0 Å². The summed E-state index contributed by atoms with van der Waals surface area (Å²) in [6, 6.07) is 0. The number of nitrogens with zero attached hydrogens (tertiary/aromatic N) is 4. The van der Waals surface area contributed by atoms with Crippen molar-refractivity contribution in [2.24, 2.45) is 5.92 Å². The van der Waals surface area contributed by atoms with E-state index in [0.29, 0.717) is 13.0 Å². The zero-order valence-corrected chi connectivity index (χ0v) is 17.0. The summed E-state index contributed by atoms with van der Waals surface area (Å²) in [5.41, 5.74) is 3.39. The fourth-order valence-corrected chi connectivity index (χ4v) is 4.09. The van der Waals surface area contributed by atoms with Crippen LogP contribution in [0, 0.1) is 26.7 Å². The summed E-state index contributed by atoms with van der Waals surface area (Å²) in [6.07, 6.45) is 1.95.